The van der Waals surface area contributed by atoms with Gasteiger partial charge in [-0.05, 0) is 43.5 Å². The average Bonchev–Trinajstić information content (AvgIpc) is 2.18. The van der Waals surface area contributed by atoms with Crippen molar-refractivity contribution in [3.05, 3.63) is 27.2 Å². The molecule has 0 radical (unpaired) electrons. The van der Waals surface area contributed by atoms with Crippen molar-refractivity contribution in [2.75, 3.05) is 6.61 Å². The fourth-order valence-corrected chi connectivity index (χ4v) is 1.72. The van der Waals surface area contributed by atoms with Gasteiger partial charge in [-0.15, -0.1) is 0 Å². The van der Waals surface area contributed by atoms with Gasteiger partial charge < -0.3 is 10.5 Å². The lowest BCUT2D eigenvalue weighted by Gasteiger charge is -2.13. The van der Waals surface area contributed by atoms with E-state index in [0.29, 0.717) is 5.75 Å². The first kappa shape index (κ1) is 12.0. The molecule has 0 atom stereocenters. The molecular formula is C11H14BrNO2. The van der Waals surface area contributed by atoms with Gasteiger partial charge in [-0.1, -0.05) is 15.9 Å². The molecule has 0 aromatic heterocycles. The molecule has 0 spiro atoms. The maximum Gasteiger partial charge on any atom is 0.255 e. The molecule has 1 amide bonds. The van der Waals surface area contributed by atoms with E-state index in [9.17, 15) is 4.79 Å². The highest BCUT2D eigenvalue weighted by Crippen LogP contribution is 2.31. The molecule has 0 aliphatic rings. The van der Waals surface area contributed by atoms with Crippen LogP contribution in [0.5, 0.6) is 5.75 Å². The Balaban J connectivity index is 3.04. The maximum atomic E-state index is 10.6. The fourth-order valence-electron chi connectivity index (χ4n) is 1.31. The number of halogens is 1. The van der Waals surface area contributed by atoms with E-state index in [1.54, 1.807) is 0 Å². The molecule has 82 valence electrons. The van der Waals surface area contributed by atoms with E-state index in [4.69, 9.17) is 10.5 Å². The lowest BCUT2D eigenvalue weighted by atomic mass is 10.1. The first-order chi connectivity index (χ1) is 6.93. The largest absolute Gasteiger partial charge is 0.483 e. The van der Waals surface area contributed by atoms with Crippen LogP contribution in [0.1, 0.15) is 16.7 Å². The van der Waals surface area contributed by atoms with Crippen LogP contribution in [0.25, 0.3) is 0 Å². The van der Waals surface area contributed by atoms with Crippen molar-refractivity contribution in [3.8, 4) is 5.75 Å². The number of primary amides is 1. The summed E-state index contributed by atoms with van der Waals surface area (Å²) in [4.78, 5) is 10.6. The zero-order valence-corrected chi connectivity index (χ0v) is 10.6. The van der Waals surface area contributed by atoms with E-state index in [1.807, 2.05) is 26.8 Å². The van der Waals surface area contributed by atoms with Crippen LogP contribution in [-0.4, -0.2) is 12.5 Å². The summed E-state index contributed by atoms with van der Waals surface area (Å²) < 4.78 is 6.39. The molecule has 0 saturated carbocycles. The summed E-state index contributed by atoms with van der Waals surface area (Å²) in [7, 11) is 0. The number of hydrogen-bond acceptors (Lipinski definition) is 2. The van der Waals surface area contributed by atoms with Crippen molar-refractivity contribution < 1.29 is 9.53 Å². The van der Waals surface area contributed by atoms with Crippen LogP contribution < -0.4 is 10.5 Å². The Morgan fingerprint density at radius 2 is 2.00 bits per heavy atom. The van der Waals surface area contributed by atoms with E-state index < -0.39 is 5.91 Å². The van der Waals surface area contributed by atoms with Crippen LogP contribution in [0.3, 0.4) is 0 Å². The fraction of sp³-hybridized carbons (Fsp3) is 0.364. The number of carbonyl (C=O) groups is 1. The number of carbonyl (C=O) groups excluding carboxylic acids is 1. The molecule has 0 heterocycles. The summed E-state index contributed by atoms with van der Waals surface area (Å²) in [6, 6.07) is 1.90. The van der Waals surface area contributed by atoms with E-state index in [2.05, 4.69) is 15.9 Å². The Hall–Kier alpha value is -1.03. The Morgan fingerprint density at radius 1 is 1.40 bits per heavy atom. The van der Waals surface area contributed by atoms with E-state index in [0.717, 1.165) is 21.2 Å². The second-order valence-electron chi connectivity index (χ2n) is 3.51. The molecule has 15 heavy (non-hydrogen) atoms. The topological polar surface area (TPSA) is 52.3 Å². The van der Waals surface area contributed by atoms with Crippen LogP contribution in [0.15, 0.2) is 10.5 Å². The summed E-state index contributed by atoms with van der Waals surface area (Å²) in [6.45, 7) is 5.86. The molecular weight excluding hydrogens is 258 g/mol. The standard InChI is InChI=1S/C11H14BrNO2/c1-6-4-9(15-5-10(13)14)7(2)8(3)11(6)12/h4H,5H2,1-3H3,(H2,13,14). The van der Waals surface area contributed by atoms with E-state index in [1.165, 1.54) is 0 Å². The molecule has 4 heteroatoms. The van der Waals surface area contributed by atoms with Crippen LogP contribution in [-0.2, 0) is 4.79 Å². The molecule has 0 saturated heterocycles. The van der Waals surface area contributed by atoms with Crippen molar-refractivity contribution in [2.45, 2.75) is 20.8 Å². The minimum atomic E-state index is -0.465. The minimum absolute atomic E-state index is 0.0820. The van der Waals surface area contributed by atoms with Crippen molar-refractivity contribution in [2.24, 2.45) is 5.73 Å². The minimum Gasteiger partial charge on any atom is -0.483 e. The van der Waals surface area contributed by atoms with Gasteiger partial charge in [0.25, 0.3) is 5.91 Å². The molecule has 1 rings (SSSR count). The van der Waals surface area contributed by atoms with Gasteiger partial charge in [0.1, 0.15) is 5.75 Å². The van der Waals surface area contributed by atoms with Gasteiger partial charge in [0.05, 0.1) is 0 Å². The zero-order chi connectivity index (χ0) is 11.6. The third kappa shape index (κ3) is 2.72. The van der Waals surface area contributed by atoms with Crippen molar-refractivity contribution in [1.29, 1.82) is 0 Å². The molecule has 1 aromatic rings. The molecule has 0 aliphatic carbocycles. The Labute approximate surface area is 97.7 Å². The Morgan fingerprint density at radius 3 is 2.53 bits per heavy atom. The summed E-state index contributed by atoms with van der Waals surface area (Å²) >= 11 is 3.50. The van der Waals surface area contributed by atoms with Gasteiger partial charge >= 0.3 is 0 Å². The van der Waals surface area contributed by atoms with E-state index in [-0.39, 0.29) is 6.61 Å². The number of ether oxygens (including phenoxy) is 1. The zero-order valence-electron chi connectivity index (χ0n) is 9.06. The lowest BCUT2D eigenvalue weighted by Crippen LogP contribution is -2.20. The maximum absolute atomic E-state index is 10.6. The molecule has 0 fully saturated rings. The third-order valence-corrected chi connectivity index (χ3v) is 3.55. The number of rotatable bonds is 3. The molecule has 2 N–H and O–H groups in total. The number of nitrogens with two attached hydrogens (primary N) is 1. The number of benzene rings is 1. The van der Waals surface area contributed by atoms with Crippen molar-refractivity contribution in [1.82, 2.24) is 0 Å². The molecule has 0 bridgehead atoms. The van der Waals surface area contributed by atoms with E-state index >= 15 is 0 Å². The summed E-state index contributed by atoms with van der Waals surface area (Å²) in [5, 5.41) is 0. The van der Waals surface area contributed by atoms with Crippen molar-refractivity contribution >= 4 is 21.8 Å². The van der Waals surface area contributed by atoms with Crippen LogP contribution in [0.2, 0.25) is 0 Å². The highest BCUT2D eigenvalue weighted by atomic mass is 79.9. The number of aryl methyl sites for hydroxylation is 1. The van der Waals surface area contributed by atoms with Crippen LogP contribution in [0.4, 0.5) is 0 Å². The Bertz CT molecular complexity index is 402. The number of amides is 1. The van der Waals surface area contributed by atoms with Crippen molar-refractivity contribution in [3.63, 3.8) is 0 Å². The first-order valence-electron chi connectivity index (χ1n) is 4.61. The van der Waals surface area contributed by atoms with Crippen LogP contribution >= 0.6 is 15.9 Å². The molecule has 0 aliphatic heterocycles. The predicted octanol–water partition coefficient (Wildman–Crippen LogP) is 2.24. The smallest absolute Gasteiger partial charge is 0.255 e. The summed E-state index contributed by atoms with van der Waals surface area (Å²) in [5.41, 5.74) is 8.25. The average molecular weight is 272 g/mol. The van der Waals surface area contributed by atoms with Crippen LogP contribution in [0, 0.1) is 20.8 Å². The third-order valence-electron chi connectivity index (χ3n) is 2.33. The second-order valence-corrected chi connectivity index (χ2v) is 4.30. The van der Waals surface area contributed by atoms with Gasteiger partial charge in [-0.3, -0.25) is 4.79 Å². The molecule has 0 unspecified atom stereocenters. The molecule has 3 nitrogen and oxygen atoms in total. The highest BCUT2D eigenvalue weighted by Gasteiger charge is 2.09. The monoisotopic (exact) mass is 271 g/mol. The van der Waals surface area contributed by atoms with Gasteiger partial charge in [0.2, 0.25) is 0 Å². The number of hydrogen-bond donors (Lipinski definition) is 1. The first-order valence-corrected chi connectivity index (χ1v) is 5.40. The summed E-state index contributed by atoms with van der Waals surface area (Å²) in [6.07, 6.45) is 0. The highest BCUT2D eigenvalue weighted by molar-refractivity contribution is 9.10. The summed E-state index contributed by atoms with van der Waals surface area (Å²) in [5.74, 6) is 0.250. The SMILES string of the molecule is Cc1cc(OCC(N)=O)c(C)c(C)c1Br. The van der Waals surface area contributed by atoms with Gasteiger partial charge in [-0.25, -0.2) is 0 Å². The van der Waals surface area contributed by atoms with Gasteiger partial charge in [-0.2, -0.15) is 0 Å². The second kappa shape index (κ2) is 4.66. The molecule has 1 aromatic carbocycles. The van der Waals surface area contributed by atoms with Gasteiger partial charge in [0.15, 0.2) is 6.61 Å². The predicted molar refractivity (Wildman–Crippen MR) is 63.0 cm³/mol. The van der Waals surface area contributed by atoms with Gasteiger partial charge in [0, 0.05) is 4.47 Å². The normalized spacial score (nSPS) is 10.1. The Kier molecular flexibility index (Phi) is 3.74. The quantitative estimate of drug-likeness (QED) is 0.917. The lowest BCUT2D eigenvalue weighted by molar-refractivity contribution is -0.119.